The Bertz CT molecular complexity index is 196. The highest BCUT2D eigenvalue weighted by Gasteiger charge is 2.47. The normalized spacial score (nSPS) is 30.1. The quantitative estimate of drug-likeness (QED) is 0.729. The van der Waals surface area contributed by atoms with Crippen molar-refractivity contribution in [1.82, 2.24) is 0 Å². The molecule has 1 aliphatic rings. The van der Waals surface area contributed by atoms with E-state index in [2.05, 4.69) is 0 Å². The van der Waals surface area contributed by atoms with Gasteiger partial charge in [0.05, 0.1) is 0 Å². The summed E-state index contributed by atoms with van der Waals surface area (Å²) in [7, 11) is 0. The summed E-state index contributed by atoms with van der Waals surface area (Å²) in [6.45, 7) is 2.01. The van der Waals surface area contributed by atoms with Crippen LogP contribution in [0, 0.1) is 11.8 Å². The molecular formula is C9H14F2O2. The summed E-state index contributed by atoms with van der Waals surface area (Å²) < 4.78 is 25.9. The third-order valence-corrected chi connectivity index (χ3v) is 2.81. The largest absolute Gasteiger partial charge is 0.477 e. The fourth-order valence-electron chi connectivity index (χ4n) is 1.80. The van der Waals surface area contributed by atoms with Crippen LogP contribution >= 0.6 is 0 Å². The van der Waals surface area contributed by atoms with E-state index in [0.717, 1.165) is 0 Å². The maximum absolute atomic E-state index is 13.0. The first-order valence-corrected chi connectivity index (χ1v) is 4.55. The molecule has 2 nitrogen and oxygen atoms in total. The van der Waals surface area contributed by atoms with Crippen LogP contribution in [0.4, 0.5) is 8.78 Å². The Kier molecular flexibility index (Phi) is 2.88. The van der Waals surface area contributed by atoms with Crippen molar-refractivity contribution in [3.8, 4) is 0 Å². The number of rotatable bonds is 2. The van der Waals surface area contributed by atoms with E-state index < -0.39 is 17.8 Å². The van der Waals surface area contributed by atoms with Gasteiger partial charge in [-0.1, -0.05) is 19.8 Å². The van der Waals surface area contributed by atoms with Gasteiger partial charge in [0.25, 0.3) is 0 Å². The summed E-state index contributed by atoms with van der Waals surface area (Å²) >= 11 is 0. The van der Waals surface area contributed by atoms with Gasteiger partial charge in [-0.05, 0) is 18.8 Å². The van der Waals surface area contributed by atoms with E-state index in [9.17, 15) is 13.6 Å². The fourth-order valence-corrected chi connectivity index (χ4v) is 1.80. The summed E-state index contributed by atoms with van der Waals surface area (Å²) in [5.74, 6) is -6.01. The number of aliphatic carboxylic acids is 1. The van der Waals surface area contributed by atoms with Crippen molar-refractivity contribution in [2.24, 2.45) is 11.8 Å². The van der Waals surface area contributed by atoms with Crippen LogP contribution in [0.25, 0.3) is 0 Å². The molecular weight excluding hydrogens is 178 g/mol. The second-order valence-electron chi connectivity index (χ2n) is 3.88. The average molecular weight is 192 g/mol. The van der Waals surface area contributed by atoms with E-state index in [1.165, 1.54) is 0 Å². The molecule has 76 valence electrons. The van der Waals surface area contributed by atoms with Crippen molar-refractivity contribution in [2.45, 2.75) is 38.5 Å². The van der Waals surface area contributed by atoms with Crippen molar-refractivity contribution in [2.75, 3.05) is 0 Å². The first-order valence-electron chi connectivity index (χ1n) is 4.55. The van der Waals surface area contributed by atoms with Gasteiger partial charge in [0, 0.05) is 5.92 Å². The zero-order chi connectivity index (χ0) is 10.1. The number of carboxylic acids is 1. The number of carbonyl (C=O) groups is 1. The minimum absolute atomic E-state index is 0.334. The molecule has 1 saturated carbocycles. The molecule has 0 aromatic rings. The van der Waals surface area contributed by atoms with Crippen LogP contribution in [0.1, 0.15) is 32.6 Å². The van der Waals surface area contributed by atoms with E-state index in [-0.39, 0.29) is 0 Å². The number of hydrogen-bond acceptors (Lipinski definition) is 1. The molecule has 0 heterocycles. The average Bonchev–Trinajstić information content (AvgIpc) is 2.04. The maximum atomic E-state index is 13.0. The molecule has 1 N–H and O–H groups in total. The van der Waals surface area contributed by atoms with E-state index in [4.69, 9.17) is 5.11 Å². The van der Waals surface area contributed by atoms with Crippen molar-refractivity contribution >= 4 is 5.97 Å². The third-order valence-electron chi connectivity index (χ3n) is 2.81. The minimum atomic E-state index is -3.53. The predicted molar refractivity (Wildman–Crippen MR) is 43.7 cm³/mol. The van der Waals surface area contributed by atoms with Gasteiger partial charge in [-0.3, -0.25) is 0 Å². The van der Waals surface area contributed by atoms with E-state index in [1.807, 2.05) is 6.92 Å². The van der Waals surface area contributed by atoms with Gasteiger partial charge in [0.2, 0.25) is 0 Å². The number of carboxylic acid groups (broad SMARTS) is 1. The molecule has 0 radical (unpaired) electrons. The Morgan fingerprint density at radius 2 is 1.77 bits per heavy atom. The van der Waals surface area contributed by atoms with E-state index >= 15 is 0 Å². The lowest BCUT2D eigenvalue weighted by molar-refractivity contribution is -0.175. The molecule has 0 unspecified atom stereocenters. The van der Waals surface area contributed by atoms with Crippen molar-refractivity contribution in [3.05, 3.63) is 0 Å². The Morgan fingerprint density at radius 3 is 2.15 bits per heavy atom. The van der Waals surface area contributed by atoms with Gasteiger partial charge in [-0.25, -0.2) is 4.79 Å². The van der Waals surface area contributed by atoms with Crippen molar-refractivity contribution in [1.29, 1.82) is 0 Å². The Labute approximate surface area is 75.9 Å². The summed E-state index contributed by atoms with van der Waals surface area (Å²) in [6, 6.07) is 0. The second kappa shape index (κ2) is 3.60. The highest BCUT2D eigenvalue weighted by Crippen LogP contribution is 2.38. The zero-order valence-electron chi connectivity index (χ0n) is 7.59. The molecule has 0 atom stereocenters. The van der Waals surface area contributed by atoms with Gasteiger partial charge >= 0.3 is 11.9 Å². The first-order chi connectivity index (χ1) is 5.94. The molecule has 0 saturated heterocycles. The van der Waals surface area contributed by atoms with E-state index in [1.54, 1.807) is 0 Å². The Hall–Kier alpha value is -0.670. The van der Waals surface area contributed by atoms with Crippen LogP contribution in [0.15, 0.2) is 0 Å². The summed E-state index contributed by atoms with van der Waals surface area (Å²) in [5, 5.41) is 8.31. The molecule has 0 amide bonds. The van der Waals surface area contributed by atoms with Crippen LogP contribution in [0.5, 0.6) is 0 Å². The molecule has 0 aromatic carbocycles. The Morgan fingerprint density at radius 1 is 1.31 bits per heavy atom. The molecule has 1 rings (SSSR count). The lowest BCUT2D eigenvalue weighted by Crippen LogP contribution is -2.38. The Balaban J connectivity index is 2.58. The lowest BCUT2D eigenvalue weighted by Gasteiger charge is -2.29. The van der Waals surface area contributed by atoms with Gasteiger partial charge in [-0.15, -0.1) is 0 Å². The molecule has 1 fully saturated rings. The molecule has 1 aliphatic carbocycles. The summed E-state index contributed by atoms with van der Waals surface area (Å²) in [4.78, 5) is 10.3. The molecule has 0 bridgehead atoms. The smallest absolute Gasteiger partial charge is 0.374 e. The molecule has 0 spiro atoms. The molecule has 13 heavy (non-hydrogen) atoms. The number of alkyl halides is 2. The van der Waals surface area contributed by atoms with Crippen LogP contribution in [0.3, 0.4) is 0 Å². The second-order valence-corrected chi connectivity index (χ2v) is 3.88. The zero-order valence-corrected chi connectivity index (χ0v) is 7.59. The monoisotopic (exact) mass is 192 g/mol. The van der Waals surface area contributed by atoms with Crippen molar-refractivity contribution < 1.29 is 18.7 Å². The first kappa shape index (κ1) is 10.4. The molecule has 4 heteroatoms. The molecule has 0 aromatic heterocycles. The highest BCUT2D eigenvalue weighted by atomic mass is 19.3. The standard InChI is InChI=1S/C9H14F2O2/c1-6-2-4-7(5-3-6)9(10,11)8(12)13/h6-7H,2-5H2,1H3,(H,12,13). The minimum Gasteiger partial charge on any atom is -0.477 e. The maximum Gasteiger partial charge on any atom is 0.374 e. The van der Waals surface area contributed by atoms with Crippen molar-refractivity contribution in [3.63, 3.8) is 0 Å². The van der Waals surface area contributed by atoms with Gasteiger partial charge in [0.1, 0.15) is 0 Å². The number of halogens is 2. The summed E-state index contributed by atoms with van der Waals surface area (Å²) in [6.07, 6.45) is 2.10. The van der Waals surface area contributed by atoms with Crippen LogP contribution in [-0.4, -0.2) is 17.0 Å². The number of hydrogen-bond donors (Lipinski definition) is 1. The van der Waals surface area contributed by atoms with Crippen LogP contribution < -0.4 is 0 Å². The predicted octanol–water partition coefficient (Wildman–Crippen LogP) is 2.53. The SMILES string of the molecule is CC1CCC(C(F)(F)C(=O)O)CC1. The third kappa shape index (κ3) is 2.17. The fraction of sp³-hybridized carbons (Fsp3) is 0.889. The van der Waals surface area contributed by atoms with E-state index in [0.29, 0.717) is 31.6 Å². The van der Waals surface area contributed by atoms with Gasteiger partial charge < -0.3 is 5.11 Å². The van der Waals surface area contributed by atoms with Crippen LogP contribution in [0.2, 0.25) is 0 Å². The topological polar surface area (TPSA) is 37.3 Å². The molecule has 0 aliphatic heterocycles. The van der Waals surface area contributed by atoms with Gasteiger partial charge in [-0.2, -0.15) is 8.78 Å². The highest BCUT2D eigenvalue weighted by molar-refractivity contribution is 5.75. The lowest BCUT2D eigenvalue weighted by atomic mass is 9.80. The summed E-state index contributed by atoms with van der Waals surface area (Å²) in [5.41, 5.74) is 0. The van der Waals surface area contributed by atoms with Gasteiger partial charge in [0.15, 0.2) is 0 Å². The van der Waals surface area contributed by atoms with Crippen LogP contribution in [-0.2, 0) is 4.79 Å².